The Morgan fingerprint density at radius 2 is 1.94 bits per heavy atom. The number of nitrogens with zero attached hydrogens (tertiary/aromatic N) is 2. The summed E-state index contributed by atoms with van der Waals surface area (Å²) in [7, 11) is 0. The highest BCUT2D eigenvalue weighted by Crippen LogP contribution is 2.35. The number of amides is 1. The molecule has 2 aromatic carbocycles. The van der Waals surface area contributed by atoms with Crippen molar-refractivity contribution in [2.75, 3.05) is 13.2 Å². The maximum Gasteiger partial charge on any atom is 0.276 e. The lowest BCUT2D eigenvalue weighted by molar-refractivity contribution is -0.385. The summed E-state index contributed by atoms with van der Waals surface area (Å²) >= 11 is 6.59. The predicted molar refractivity (Wildman–Crippen MR) is 125 cm³/mol. The van der Waals surface area contributed by atoms with E-state index >= 15 is 0 Å². The number of thiocarbonyl (C=S) groups is 1. The van der Waals surface area contributed by atoms with Gasteiger partial charge in [-0.3, -0.25) is 19.8 Å². The van der Waals surface area contributed by atoms with Crippen LogP contribution < -0.4 is 9.47 Å². The topological polar surface area (TPSA) is 81.9 Å². The summed E-state index contributed by atoms with van der Waals surface area (Å²) in [6.07, 6.45) is 2.61. The standard InChI is InChI=1S/C22H22N2O5S2/c1-3-11-23-21(25)20(31-22(23)30)13-15-9-10-18(19(12-15)28-4-2)29-14-16-7-5-6-8-17(16)24(26)27/h5-10,12-13H,3-4,11,14H2,1-2H3/b20-13-. The Morgan fingerprint density at radius 1 is 1.16 bits per heavy atom. The number of para-hydroxylation sites is 1. The van der Waals surface area contributed by atoms with Gasteiger partial charge >= 0.3 is 0 Å². The van der Waals surface area contributed by atoms with Gasteiger partial charge in [-0.2, -0.15) is 0 Å². The molecule has 0 unspecified atom stereocenters. The van der Waals surface area contributed by atoms with Gasteiger partial charge in [0.2, 0.25) is 0 Å². The van der Waals surface area contributed by atoms with E-state index < -0.39 is 4.92 Å². The molecule has 0 atom stereocenters. The number of thioether (sulfide) groups is 1. The van der Waals surface area contributed by atoms with Crippen LogP contribution in [0.3, 0.4) is 0 Å². The van der Waals surface area contributed by atoms with Crippen molar-refractivity contribution in [3.63, 3.8) is 0 Å². The van der Waals surface area contributed by atoms with Gasteiger partial charge in [-0.15, -0.1) is 0 Å². The third-order valence-electron chi connectivity index (χ3n) is 4.46. The van der Waals surface area contributed by atoms with E-state index in [0.29, 0.717) is 39.4 Å². The summed E-state index contributed by atoms with van der Waals surface area (Å²) in [6, 6.07) is 11.8. The van der Waals surface area contributed by atoms with Crippen LogP contribution in [-0.4, -0.2) is 33.2 Å². The summed E-state index contributed by atoms with van der Waals surface area (Å²) < 4.78 is 12.1. The molecule has 162 valence electrons. The number of rotatable bonds is 9. The quantitative estimate of drug-likeness (QED) is 0.221. The predicted octanol–water partition coefficient (Wildman–Crippen LogP) is 5.18. The molecular weight excluding hydrogens is 436 g/mol. The maximum absolute atomic E-state index is 12.6. The van der Waals surface area contributed by atoms with Crippen LogP contribution in [0.1, 0.15) is 31.4 Å². The van der Waals surface area contributed by atoms with Crippen molar-refractivity contribution in [3.8, 4) is 11.5 Å². The van der Waals surface area contributed by atoms with Gasteiger partial charge in [0.05, 0.1) is 22.0 Å². The molecule has 1 heterocycles. The minimum absolute atomic E-state index is 0.00573. The van der Waals surface area contributed by atoms with Gasteiger partial charge in [0.25, 0.3) is 11.6 Å². The van der Waals surface area contributed by atoms with Crippen LogP contribution >= 0.6 is 24.0 Å². The second-order valence-electron chi connectivity index (χ2n) is 6.65. The average molecular weight is 459 g/mol. The molecule has 1 saturated heterocycles. The summed E-state index contributed by atoms with van der Waals surface area (Å²) in [5.74, 6) is 0.876. The number of carbonyl (C=O) groups excluding carboxylic acids is 1. The van der Waals surface area contributed by atoms with E-state index in [0.717, 1.165) is 12.0 Å². The molecule has 9 heteroatoms. The molecule has 2 aromatic rings. The van der Waals surface area contributed by atoms with E-state index in [1.165, 1.54) is 17.8 Å². The molecule has 31 heavy (non-hydrogen) atoms. The first-order valence-corrected chi connectivity index (χ1v) is 11.0. The number of nitro groups is 1. The summed E-state index contributed by atoms with van der Waals surface area (Å²) in [6.45, 7) is 4.91. The van der Waals surface area contributed by atoms with Gasteiger partial charge < -0.3 is 9.47 Å². The molecule has 0 saturated carbocycles. The SMILES string of the molecule is CCCN1C(=O)/C(=C/c2ccc(OCc3ccccc3[N+](=O)[O-])c(OCC)c2)SC1=S. The lowest BCUT2D eigenvalue weighted by Crippen LogP contribution is -2.28. The summed E-state index contributed by atoms with van der Waals surface area (Å²) in [5, 5.41) is 11.2. The third-order valence-corrected chi connectivity index (χ3v) is 5.84. The minimum atomic E-state index is -0.431. The lowest BCUT2D eigenvalue weighted by Gasteiger charge is -2.13. The smallest absolute Gasteiger partial charge is 0.276 e. The molecule has 0 aliphatic carbocycles. The summed E-state index contributed by atoms with van der Waals surface area (Å²) in [5.41, 5.74) is 1.25. The van der Waals surface area contributed by atoms with Crippen molar-refractivity contribution in [2.45, 2.75) is 26.9 Å². The van der Waals surface area contributed by atoms with Crippen LogP contribution in [0.4, 0.5) is 5.69 Å². The van der Waals surface area contributed by atoms with Crippen LogP contribution in [0.2, 0.25) is 0 Å². The van der Waals surface area contributed by atoms with E-state index in [1.54, 1.807) is 41.3 Å². The van der Waals surface area contributed by atoms with Crippen LogP contribution in [0.25, 0.3) is 6.08 Å². The molecule has 0 aromatic heterocycles. The molecule has 0 radical (unpaired) electrons. The highest BCUT2D eigenvalue weighted by molar-refractivity contribution is 8.26. The lowest BCUT2D eigenvalue weighted by atomic mass is 10.1. The highest BCUT2D eigenvalue weighted by Gasteiger charge is 2.31. The van der Waals surface area contributed by atoms with Crippen molar-refractivity contribution in [1.82, 2.24) is 4.90 Å². The zero-order chi connectivity index (χ0) is 22.4. The number of hydrogen-bond donors (Lipinski definition) is 0. The molecular formula is C22H22N2O5S2. The average Bonchev–Trinajstić information content (AvgIpc) is 3.01. The third kappa shape index (κ3) is 5.42. The summed E-state index contributed by atoms with van der Waals surface area (Å²) in [4.78, 5) is 25.5. The van der Waals surface area contributed by atoms with Crippen molar-refractivity contribution < 1.29 is 19.2 Å². The first kappa shape index (κ1) is 22.8. The second-order valence-corrected chi connectivity index (χ2v) is 8.32. The maximum atomic E-state index is 12.6. The Kier molecular flexibility index (Phi) is 7.64. The number of ether oxygens (including phenoxy) is 2. The van der Waals surface area contributed by atoms with E-state index in [9.17, 15) is 14.9 Å². The molecule has 1 amide bonds. The van der Waals surface area contributed by atoms with Gasteiger partial charge in [0.1, 0.15) is 10.9 Å². The zero-order valence-electron chi connectivity index (χ0n) is 17.2. The fraction of sp³-hybridized carbons (Fsp3) is 0.273. The number of benzene rings is 2. The van der Waals surface area contributed by atoms with E-state index in [1.807, 2.05) is 19.9 Å². The monoisotopic (exact) mass is 458 g/mol. The van der Waals surface area contributed by atoms with Crippen molar-refractivity contribution in [3.05, 3.63) is 68.6 Å². The number of hydrogen-bond acceptors (Lipinski definition) is 7. The first-order valence-electron chi connectivity index (χ1n) is 9.81. The fourth-order valence-electron chi connectivity index (χ4n) is 3.04. The molecule has 1 aliphatic rings. The van der Waals surface area contributed by atoms with E-state index in [2.05, 4.69) is 0 Å². The van der Waals surface area contributed by atoms with Gasteiger partial charge in [0.15, 0.2) is 11.5 Å². The Balaban J connectivity index is 1.81. The van der Waals surface area contributed by atoms with Crippen LogP contribution in [0, 0.1) is 10.1 Å². The Hall–Kier alpha value is -2.91. The van der Waals surface area contributed by atoms with E-state index in [-0.39, 0.29) is 18.2 Å². The van der Waals surface area contributed by atoms with Crippen LogP contribution in [-0.2, 0) is 11.4 Å². The second kappa shape index (κ2) is 10.4. The van der Waals surface area contributed by atoms with Crippen molar-refractivity contribution >= 4 is 46.0 Å². The van der Waals surface area contributed by atoms with Crippen LogP contribution in [0.5, 0.6) is 11.5 Å². The molecule has 0 bridgehead atoms. The zero-order valence-corrected chi connectivity index (χ0v) is 18.8. The van der Waals surface area contributed by atoms with Gasteiger partial charge in [-0.05, 0) is 43.2 Å². The molecule has 0 spiro atoms. The van der Waals surface area contributed by atoms with Crippen LogP contribution in [0.15, 0.2) is 47.4 Å². The van der Waals surface area contributed by atoms with Gasteiger partial charge in [-0.1, -0.05) is 49.1 Å². The first-order chi connectivity index (χ1) is 14.9. The van der Waals surface area contributed by atoms with Crippen molar-refractivity contribution in [1.29, 1.82) is 0 Å². The molecule has 0 N–H and O–H groups in total. The fourth-order valence-corrected chi connectivity index (χ4v) is 4.34. The molecule has 3 rings (SSSR count). The Bertz CT molecular complexity index is 1040. The molecule has 7 nitrogen and oxygen atoms in total. The highest BCUT2D eigenvalue weighted by atomic mass is 32.2. The van der Waals surface area contributed by atoms with Gasteiger partial charge in [-0.25, -0.2) is 0 Å². The largest absolute Gasteiger partial charge is 0.490 e. The molecule has 1 fully saturated rings. The van der Waals surface area contributed by atoms with E-state index in [4.69, 9.17) is 21.7 Å². The molecule has 1 aliphatic heterocycles. The Morgan fingerprint density at radius 3 is 2.65 bits per heavy atom. The van der Waals surface area contributed by atoms with Gasteiger partial charge in [0, 0.05) is 12.6 Å². The number of carbonyl (C=O) groups is 1. The Labute approximate surface area is 190 Å². The van der Waals surface area contributed by atoms with Crippen molar-refractivity contribution in [2.24, 2.45) is 0 Å². The minimum Gasteiger partial charge on any atom is -0.490 e. The normalized spacial score (nSPS) is 14.9. The number of nitro benzene ring substituents is 1.